The van der Waals surface area contributed by atoms with Crippen molar-refractivity contribution in [1.29, 1.82) is 0 Å². The van der Waals surface area contributed by atoms with Crippen LogP contribution in [0.5, 0.6) is 0 Å². The first kappa shape index (κ1) is 18.2. The monoisotopic (exact) mass is 361 g/mol. The number of nitrogens with one attached hydrogen (secondary N) is 2. The van der Waals surface area contributed by atoms with Crippen molar-refractivity contribution < 1.29 is 9.18 Å². The van der Waals surface area contributed by atoms with Crippen LogP contribution in [0.4, 0.5) is 9.18 Å². The number of amides is 2. The molecule has 7 nitrogen and oxygen atoms in total. The van der Waals surface area contributed by atoms with Gasteiger partial charge < -0.3 is 10.6 Å². The summed E-state index contributed by atoms with van der Waals surface area (Å²) in [6, 6.07) is 5.81. The Hall–Kier alpha value is -2.64. The number of aromatic nitrogens is 3. The van der Waals surface area contributed by atoms with Crippen molar-refractivity contribution in [2.24, 2.45) is 0 Å². The zero-order valence-electron chi connectivity index (χ0n) is 15.3. The second kappa shape index (κ2) is 6.93. The minimum absolute atomic E-state index is 0.147. The Labute approximate surface area is 151 Å². The molecule has 8 heteroatoms. The van der Waals surface area contributed by atoms with Gasteiger partial charge in [0.25, 0.3) is 0 Å². The second-order valence-corrected chi connectivity index (χ2v) is 7.57. The molecule has 2 N–H and O–H groups in total. The maximum absolute atomic E-state index is 13.2. The molecule has 1 saturated carbocycles. The summed E-state index contributed by atoms with van der Waals surface area (Å²) in [7, 11) is 0. The maximum Gasteiger partial charge on any atom is 0.346 e. The average Bonchev–Trinajstić information content (AvgIpc) is 3.32. The molecule has 1 aliphatic rings. The van der Waals surface area contributed by atoms with Crippen LogP contribution in [0.15, 0.2) is 29.1 Å². The summed E-state index contributed by atoms with van der Waals surface area (Å²) in [5, 5.41) is 9.94. The predicted molar refractivity (Wildman–Crippen MR) is 96.4 cm³/mol. The fourth-order valence-electron chi connectivity index (χ4n) is 2.68. The van der Waals surface area contributed by atoms with E-state index in [1.54, 1.807) is 16.7 Å². The van der Waals surface area contributed by atoms with Crippen LogP contribution in [0.25, 0.3) is 11.4 Å². The van der Waals surface area contributed by atoms with Gasteiger partial charge in [-0.15, -0.1) is 5.10 Å². The van der Waals surface area contributed by atoms with E-state index in [0.717, 1.165) is 12.8 Å². The molecule has 2 aromatic rings. The summed E-state index contributed by atoms with van der Waals surface area (Å²) in [5.74, 6) is 0.208. The molecule has 3 rings (SSSR count). The normalized spacial score (nSPS) is 14.3. The van der Waals surface area contributed by atoms with Gasteiger partial charge in [-0.1, -0.05) is 0 Å². The van der Waals surface area contributed by atoms with E-state index >= 15 is 0 Å². The summed E-state index contributed by atoms with van der Waals surface area (Å²) in [6.45, 7) is 6.23. The highest BCUT2D eigenvalue weighted by molar-refractivity contribution is 5.74. The van der Waals surface area contributed by atoms with Crippen LogP contribution in [0.2, 0.25) is 0 Å². The van der Waals surface area contributed by atoms with Crippen molar-refractivity contribution in [3.05, 3.63) is 40.6 Å². The van der Waals surface area contributed by atoms with E-state index < -0.39 is 0 Å². The molecule has 140 valence electrons. The topological polar surface area (TPSA) is 81.0 Å². The lowest BCUT2D eigenvalue weighted by molar-refractivity contribution is 0.231. The largest absolute Gasteiger partial charge is 0.346 e. The van der Waals surface area contributed by atoms with Crippen LogP contribution in [0.3, 0.4) is 0 Å². The van der Waals surface area contributed by atoms with Gasteiger partial charge in [-0.05, 0) is 57.9 Å². The predicted octanol–water partition coefficient (Wildman–Crippen LogP) is 2.28. The third-order valence-corrected chi connectivity index (χ3v) is 3.98. The SMILES string of the molecule is CC(C)(C)NC(=O)NCCn1nc(-c2ccc(F)cc2)n(C2CC2)c1=O. The molecular weight excluding hydrogens is 337 g/mol. The van der Waals surface area contributed by atoms with Gasteiger partial charge in [0, 0.05) is 23.7 Å². The minimum Gasteiger partial charge on any atom is -0.336 e. The van der Waals surface area contributed by atoms with Crippen LogP contribution < -0.4 is 16.3 Å². The number of rotatable bonds is 5. The van der Waals surface area contributed by atoms with Crippen LogP contribution in [-0.4, -0.2) is 32.5 Å². The molecule has 0 atom stereocenters. The average molecular weight is 361 g/mol. The summed E-state index contributed by atoms with van der Waals surface area (Å²) >= 11 is 0. The van der Waals surface area contributed by atoms with Crippen molar-refractivity contribution in [3.63, 3.8) is 0 Å². The zero-order valence-corrected chi connectivity index (χ0v) is 15.3. The molecule has 0 spiro atoms. The van der Waals surface area contributed by atoms with Crippen LogP contribution in [0.1, 0.15) is 39.7 Å². The fraction of sp³-hybridized carbons (Fsp3) is 0.500. The Kier molecular flexibility index (Phi) is 4.84. The zero-order chi connectivity index (χ0) is 18.9. The van der Waals surface area contributed by atoms with Crippen LogP contribution >= 0.6 is 0 Å². The van der Waals surface area contributed by atoms with Crippen molar-refractivity contribution in [2.45, 2.75) is 51.7 Å². The van der Waals surface area contributed by atoms with E-state index in [9.17, 15) is 14.0 Å². The number of carbonyl (C=O) groups excluding carboxylic acids is 1. The van der Waals surface area contributed by atoms with Gasteiger partial charge >= 0.3 is 11.7 Å². The van der Waals surface area contributed by atoms with Gasteiger partial charge in [-0.3, -0.25) is 4.57 Å². The third kappa shape index (κ3) is 4.30. The molecule has 26 heavy (non-hydrogen) atoms. The number of hydrogen-bond acceptors (Lipinski definition) is 3. The van der Waals surface area contributed by atoms with Gasteiger partial charge in [-0.2, -0.15) is 0 Å². The third-order valence-electron chi connectivity index (χ3n) is 3.98. The Morgan fingerprint density at radius 2 is 1.92 bits per heavy atom. The molecule has 1 aromatic heterocycles. The van der Waals surface area contributed by atoms with Gasteiger partial charge in [-0.25, -0.2) is 18.7 Å². The summed E-state index contributed by atoms with van der Waals surface area (Å²) in [6.07, 6.45) is 1.87. The highest BCUT2D eigenvalue weighted by Gasteiger charge is 2.30. The summed E-state index contributed by atoms with van der Waals surface area (Å²) < 4.78 is 16.2. The first-order valence-corrected chi connectivity index (χ1v) is 8.76. The number of halogens is 1. The lowest BCUT2D eigenvalue weighted by Crippen LogP contribution is -2.47. The van der Waals surface area contributed by atoms with Gasteiger partial charge in [0.1, 0.15) is 5.82 Å². The molecule has 1 aromatic carbocycles. The lowest BCUT2D eigenvalue weighted by atomic mass is 10.1. The van der Waals surface area contributed by atoms with E-state index in [2.05, 4.69) is 15.7 Å². The quantitative estimate of drug-likeness (QED) is 0.857. The molecule has 0 bridgehead atoms. The van der Waals surface area contributed by atoms with E-state index in [1.165, 1.54) is 16.8 Å². The van der Waals surface area contributed by atoms with Gasteiger partial charge in [0.2, 0.25) is 0 Å². The molecular formula is C18H24FN5O2. The van der Waals surface area contributed by atoms with E-state index in [4.69, 9.17) is 0 Å². The number of benzene rings is 1. The van der Waals surface area contributed by atoms with Crippen molar-refractivity contribution in [2.75, 3.05) is 6.54 Å². The van der Waals surface area contributed by atoms with Gasteiger partial charge in [0.15, 0.2) is 5.82 Å². The van der Waals surface area contributed by atoms with Gasteiger partial charge in [0.05, 0.1) is 6.54 Å². The highest BCUT2D eigenvalue weighted by atomic mass is 19.1. The van der Waals surface area contributed by atoms with Crippen molar-refractivity contribution in [3.8, 4) is 11.4 Å². The van der Waals surface area contributed by atoms with E-state index in [0.29, 0.717) is 11.4 Å². The minimum atomic E-state index is -0.331. The Bertz CT molecular complexity index is 844. The van der Waals surface area contributed by atoms with Crippen LogP contribution in [0, 0.1) is 5.82 Å². The second-order valence-electron chi connectivity index (χ2n) is 7.57. The molecule has 2 amide bonds. The molecule has 0 unspecified atom stereocenters. The molecule has 1 heterocycles. The van der Waals surface area contributed by atoms with E-state index in [1.807, 2.05) is 20.8 Å². The molecule has 1 fully saturated rings. The number of urea groups is 1. The number of nitrogens with zero attached hydrogens (tertiary/aromatic N) is 3. The Balaban J connectivity index is 1.74. The lowest BCUT2D eigenvalue weighted by Gasteiger charge is -2.20. The maximum atomic E-state index is 13.2. The summed E-state index contributed by atoms with van der Waals surface area (Å²) in [5.41, 5.74) is 0.168. The van der Waals surface area contributed by atoms with Crippen molar-refractivity contribution >= 4 is 6.03 Å². The smallest absolute Gasteiger partial charge is 0.336 e. The Morgan fingerprint density at radius 3 is 2.50 bits per heavy atom. The number of carbonyl (C=O) groups is 1. The van der Waals surface area contributed by atoms with Crippen LogP contribution in [-0.2, 0) is 6.54 Å². The fourth-order valence-corrected chi connectivity index (χ4v) is 2.68. The molecule has 0 aliphatic heterocycles. The molecule has 0 radical (unpaired) electrons. The highest BCUT2D eigenvalue weighted by Crippen LogP contribution is 2.36. The standard InChI is InChI=1S/C18H24FN5O2/c1-18(2,3)21-16(25)20-10-11-23-17(26)24(14-8-9-14)15(22-23)12-4-6-13(19)7-5-12/h4-7,14H,8-11H2,1-3H3,(H2,20,21,25). The first-order chi connectivity index (χ1) is 12.2. The molecule has 1 aliphatic carbocycles. The summed E-state index contributed by atoms with van der Waals surface area (Å²) in [4.78, 5) is 24.5. The molecule has 0 saturated heterocycles. The Morgan fingerprint density at radius 1 is 1.27 bits per heavy atom. The van der Waals surface area contributed by atoms with Crippen molar-refractivity contribution in [1.82, 2.24) is 25.0 Å². The first-order valence-electron chi connectivity index (χ1n) is 8.76. The van der Waals surface area contributed by atoms with E-state index in [-0.39, 0.29) is 42.2 Å². The number of hydrogen-bond donors (Lipinski definition) is 2.